The Morgan fingerprint density at radius 2 is 1.94 bits per heavy atom. The molecular formula is C24H25ClN4O2S. The Bertz CT molecular complexity index is 1220. The molecular weight excluding hydrogens is 444 g/mol. The van der Waals surface area contributed by atoms with Crippen LogP contribution in [0.4, 0.5) is 0 Å². The van der Waals surface area contributed by atoms with Gasteiger partial charge >= 0.3 is 0 Å². The van der Waals surface area contributed by atoms with Crippen molar-refractivity contribution in [3.05, 3.63) is 76.8 Å². The molecule has 1 unspecified atom stereocenters. The van der Waals surface area contributed by atoms with Crippen LogP contribution >= 0.6 is 23.4 Å². The van der Waals surface area contributed by atoms with Crippen LogP contribution in [0, 0.1) is 0 Å². The lowest BCUT2D eigenvalue weighted by atomic mass is 10.2. The Balaban J connectivity index is 1.57. The fraction of sp³-hybridized carbons (Fsp3) is 0.292. The predicted molar refractivity (Wildman–Crippen MR) is 129 cm³/mol. The lowest BCUT2D eigenvalue weighted by Gasteiger charge is -2.23. The van der Waals surface area contributed by atoms with E-state index in [9.17, 15) is 4.79 Å². The molecule has 0 aliphatic heterocycles. The Morgan fingerprint density at radius 3 is 2.66 bits per heavy atom. The number of Topliss-reactive ketones (excluding diaryl/α,β-unsaturated/α-hetero) is 1. The van der Waals surface area contributed by atoms with Gasteiger partial charge in [-0.15, -0.1) is 10.2 Å². The maximum Gasteiger partial charge on any atom is 0.208 e. The van der Waals surface area contributed by atoms with Gasteiger partial charge in [-0.25, -0.2) is 0 Å². The van der Waals surface area contributed by atoms with Gasteiger partial charge in [0.25, 0.3) is 0 Å². The molecule has 2 aromatic carbocycles. The zero-order valence-electron chi connectivity index (χ0n) is 18.3. The van der Waals surface area contributed by atoms with E-state index in [0.717, 1.165) is 28.4 Å². The molecule has 8 heteroatoms. The van der Waals surface area contributed by atoms with E-state index in [1.54, 1.807) is 24.3 Å². The van der Waals surface area contributed by atoms with Crippen molar-refractivity contribution in [2.45, 2.75) is 31.1 Å². The van der Waals surface area contributed by atoms with E-state index < -0.39 is 0 Å². The third kappa shape index (κ3) is 4.90. The normalized spacial score (nSPS) is 12.5. The summed E-state index contributed by atoms with van der Waals surface area (Å²) in [5.41, 5.74) is 1.80. The second kappa shape index (κ2) is 9.90. The molecule has 0 spiro atoms. The van der Waals surface area contributed by atoms with Gasteiger partial charge in [-0.2, -0.15) is 0 Å². The molecule has 2 heterocycles. The Kier molecular flexibility index (Phi) is 6.98. The van der Waals surface area contributed by atoms with Crippen molar-refractivity contribution in [2.24, 2.45) is 0 Å². The Hall–Kier alpha value is -2.61. The van der Waals surface area contributed by atoms with Gasteiger partial charge in [0.2, 0.25) is 5.78 Å². The van der Waals surface area contributed by atoms with Crippen LogP contribution in [0.15, 0.2) is 64.2 Å². The van der Waals surface area contributed by atoms with E-state index in [1.807, 2.05) is 32.3 Å². The summed E-state index contributed by atoms with van der Waals surface area (Å²) < 4.78 is 7.83. The predicted octanol–water partition coefficient (Wildman–Crippen LogP) is 5.71. The molecule has 0 aliphatic carbocycles. The number of hydrogen-bond acceptors (Lipinski definition) is 6. The molecule has 4 rings (SSSR count). The minimum Gasteiger partial charge on any atom is -0.453 e. The highest BCUT2D eigenvalue weighted by atomic mass is 35.5. The highest BCUT2D eigenvalue weighted by molar-refractivity contribution is 7.99. The molecule has 0 N–H and O–H groups in total. The third-order valence-electron chi connectivity index (χ3n) is 5.32. The molecule has 2 aromatic heterocycles. The minimum atomic E-state index is -0.0993. The first-order chi connectivity index (χ1) is 15.5. The standard InChI is InChI=1S/C24H25ClN4O2S/c1-4-19(28(2)3)23-26-27-24(29(23)14-16-8-6-5-7-9-16)32-15-20(30)22-13-17-12-18(25)10-11-21(17)31-22/h5-13,19H,4,14-15H2,1-3H3. The number of carbonyl (C=O) groups excluding carboxylic acids is 1. The first-order valence-corrected chi connectivity index (χ1v) is 11.8. The van der Waals surface area contributed by atoms with Crippen LogP contribution in [-0.2, 0) is 6.54 Å². The van der Waals surface area contributed by atoms with E-state index in [2.05, 4.69) is 38.7 Å². The number of hydrogen-bond donors (Lipinski definition) is 0. The van der Waals surface area contributed by atoms with Gasteiger partial charge in [0.05, 0.1) is 18.3 Å². The van der Waals surface area contributed by atoms with Crippen LogP contribution in [0.5, 0.6) is 0 Å². The fourth-order valence-corrected chi connectivity index (χ4v) is 4.69. The molecule has 0 saturated heterocycles. The van der Waals surface area contributed by atoms with Crippen molar-refractivity contribution in [1.29, 1.82) is 0 Å². The second-order valence-electron chi connectivity index (χ2n) is 7.80. The number of furan rings is 1. The smallest absolute Gasteiger partial charge is 0.208 e. The zero-order valence-corrected chi connectivity index (χ0v) is 19.9. The van der Waals surface area contributed by atoms with Gasteiger partial charge in [-0.05, 0) is 50.3 Å². The first-order valence-electron chi connectivity index (χ1n) is 10.4. The molecule has 166 valence electrons. The molecule has 0 amide bonds. The number of nitrogens with zero attached hydrogens (tertiary/aromatic N) is 4. The van der Waals surface area contributed by atoms with Crippen LogP contribution in [0.2, 0.25) is 5.02 Å². The van der Waals surface area contributed by atoms with Gasteiger partial charge in [0.15, 0.2) is 16.7 Å². The average molecular weight is 469 g/mol. The van der Waals surface area contributed by atoms with Gasteiger partial charge in [-0.1, -0.05) is 60.6 Å². The van der Waals surface area contributed by atoms with Gasteiger partial charge in [0, 0.05) is 10.4 Å². The number of benzene rings is 2. The second-order valence-corrected chi connectivity index (χ2v) is 9.18. The van der Waals surface area contributed by atoms with Crippen molar-refractivity contribution in [3.63, 3.8) is 0 Å². The van der Waals surface area contributed by atoms with E-state index in [0.29, 0.717) is 22.9 Å². The molecule has 0 aliphatic rings. The van der Waals surface area contributed by atoms with Crippen molar-refractivity contribution in [3.8, 4) is 0 Å². The van der Waals surface area contributed by atoms with Crippen LogP contribution < -0.4 is 0 Å². The number of carbonyl (C=O) groups is 1. The molecule has 0 saturated carbocycles. The largest absolute Gasteiger partial charge is 0.453 e. The van der Waals surface area contributed by atoms with Crippen molar-refractivity contribution in [2.75, 3.05) is 19.8 Å². The summed E-state index contributed by atoms with van der Waals surface area (Å²) in [6.07, 6.45) is 0.908. The van der Waals surface area contributed by atoms with Crippen molar-refractivity contribution >= 4 is 40.1 Å². The van der Waals surface area contributed by atoms with E-state index >= 15 is 0 Å². The van der Waals surface area contributed by atoms with Crippen LogP contribution in [0.3, 0.4) is 0 Å². The van der Waals surface area contributed by atoms with Gasteiger partial charge in [0.1, 0.15) is 5.58 Å². The first kappa shape index (κ1) is 22.6. The number of halogens is 1. The molecule has 32 heavy (non-hydrogen) atoms. The summed E-state index contributed by atoms with van der Waals surface area (Å²) in [6.45, 7) is 2.78. The average Bonchev–Trinajstić information content (AvgIpc) is 3.37. The monoisotopic (exact) mass is 468 g/mol. The SMILES string of the molecule is CCC(c1nnc(SCC(=O)c2cc3cc(Cl)ccc3o2)n1Cc1ccccc1)N(C)C. The van der Waals surface area contributed by atoms with Crippen LogP contribution in [0.25, 0.3) is 11.0 Å². The number of ketones is 1. The Labute approximate surface area is 196 Å². The molecule has 4 aromatic rings. The van der Waals surface area contributed by atoms with Gasteiger partial charge < -0.3 is 8.98 Å². The molecule has 6 nitrogen and oxygen atoms in total. The maximum absolute atomic E-state index is 12.8. The summed E-state index contributed by atoms with van der Waals surface area (Å²) in [5, 5.41) is 11.1. The number of rotatable bonds is 9. The minimum absolute atomic E-state index is 0.0993. The molecule has 0 bridgehead atoms. The third-order valence-corrected chi connectivity index (χ3v) is 6.52. The lowest BCUT2D eigenvalue weighted by molar-refractivity contribution is 0.0994. The lowest BCUT2D eigenvalue weighted by Crippen LogP contribution is -2.23. The zero-order chi connectivity index (χ0) is 22.7. The highest BCUT2D eigenvalue weighted by Gasteiger charge is 2.23. The number of fused-ring (bicyclic) bond motifs is 1. The van der Waals surface area contributed by atoms with Gasteiger partial charge in [-0.3, -0.25) is 9.69 Å². The fourth-order valence-electron chi connectivity index (χ4n) is 3.70. The molecule has 0 fully saturated rings. The number of thioether (sulfide) groups is 1. The summed E-state index contributed by atoms with van der Waals surface area (Å²) in [7, 11) is 4.08. The van der Waals surface area contributed by atoms with Crippen molar-refractivity contribution < 1.29 is 9.21 Å². The topological polar surface area (TPSA) is 64.2 Å². The summed E-state index contributed by atoms with van der Waals surface area (Å²) in [4.78, 5) is 15.0. The maximum atomic E-state index is 12.8. The van der Waals surface area contributed by atoms with E-state index in [4.69, 9.17) is 16.0 Å². The van der Waals surface area contributed by atoms with E-state index in [-0.39, 0.29) is 17.6 Å². The molecule has 0 radical (unpaired) electrons. The summed E-state index contributed by atoms with van der Waals surface area (Å²) in [6, 6.07) is 17.4. The van der Waals surface area contributed by atoms with E-state index in [1.165, 1.54) is 11.8 Å². The van der Waals surface area contributed by atoms with Crippen LogP contribution in [-0.4, -0.2) is 45.3 Å². The summed E-state index contributed by atoms with van der Waals surface area (Å²) >= 11 is 7.42. The molecule has 1 atom stereocenters. The van der Waals surface area contributed by atoms with Crippen LogP contribution in [0.1, 0.15) is 41.3 Å². The quantitative estimate of drug-likeness (QED) is 0.231. The highest BCUT2D eigenvalue weighted by Crippen LogP contribution is 2.28. The summed E-state index contributed by atoms with van der Waals surface area (Å²) in [5.74, 6) is 1.33. The number of aromatic nitrogens is 3. The van der Waals surface area contributed by atoms with Crippen molar-refractivity contribution in [1.82, 2.24) is 19.7 Å². The Morgan fingerprint density at radius 1 is 1.16 bits per heavy atom.